The minimum absolute atomic E-state index is 0.0270. The first kappa shape index (κ1) is 11.5. The van der Waals surface area contributed by atoms with Crippen molar-refractivity contribution in [3.63, 3.8) is 0 Å². The Bertz CT molecular complexity index is 202. The number of amides is 1. The standard InChI is InChI=1S/C10H20N2O2/c1-2-3-4-8(11)9(14)12-10(7-13)5-6-10/h8,13H,2-7,11H2,1H3,(H,12,14)/t8-/m0/s1. The number of unbranched alkanes of at least 4 members (excludes halogenated alkanes) is 1. The van der Waals surface area contributed by atoms with E-state index in [0.717, 1.165) is 32.1 Å². The van der Waals surface area contributed by atoms with Crippen molar-refractivity contribution in [2.75, 3.05) is 6.61 Å². The first-order valence-electron chi connectivity index (χ1n) is 5.32. The van der Waals surface area contributed by atoms with Crippen molar-refractivity contribution in [1.29, 1.82) is 0 Å². The number of hydrogen-bond acceptors (Lipinski definition) is 3. The van der Waals surface area contributed by atoms with Gasteiger partial charge in [-0.05, 0) is 19.3 Å². The van der Waals surface area contributed by atoms with Crippen LogP contribution in [-0.4, -0.2) is 29.2 Å². The van der Waals surface area contributed by atoms with Gasteiger partial charge in [-0.3, -0.25) is 4.79 Å². The Balaban J connectivity index is 2.27. The molecule has 0 aromatic carbocycles. The van der Waals surface area contributed by atoms with Crippen LogP contribution in [0.15, 0.2) is 0 Å². The largest absolute Gasteiger partial charge is 0.394 e. The fraction of sp³-hybridized carbons (Fsp3) is 0.900. The van der Waals surface area contributed by atoms with E-state index in [0.29, 0.717) is 0 Å². The molecule has 1 atom stereocenters. The smallest absolute Gasteiger partial charge is 0.237 e. The zero-order valence-electron chi connectivity index (χ0n) is 8.75. The van der Waals surface area contributed by atoms with E-state index >= 15 is 0 Å². The molecule has 0 aromatic heterocycles. The number of carbonyl (C=O) groups is 1. The fourth-order valence-electron chi connectivity index (χ4n) is 1.38. The number of hydrogen-bond donors (Lipinski definition) is 3. The fourth-order valence-corrected chi connectivity index (χ4v) is 1.38. The number of aliphatic hydroxyl groups is 1. The van der Waals surface area contributed by atoms with E-state index in [1.807, 2.05) is 0 Å². The van der Waals surface area contributed by atoms with Crippen molar-refractivity contribution < 1.29 is 9.90 Å². The Morgan fingerprint density at radius 1 is 1.64 bits per heavy atom. The number of rotatable bonds is 6. The minimum Gasteiger partial charge on any atom is -0.394 e. The summed E-state index contributed by atoms with van der Waals surface area (Å²) in [5.41, 5.74) is 5.37. The molecule has 0 radical (unpaired) electrons. The maximum atomic E-state index is 11.5. The average Bonchev–Trinajstić information content (AvgIpc) is 2.94. The van der Waals surface area contributed by atoms with Gasteiger partial charge in [-0.15, -0.1) is 0 Å². The Morgan fingerprint density at radius 3 is 2.71 bits per heavy atom. The van der Waals surface area contributed by atoms with Gasteiger partial charge in [0.15, 0.2) is 0 Å². The molecule has 4 N–H and O–H groups in total. The summed E-state index contributed by atoms with van der Waals surface area (Å²) in [6.45, 7) is 2.10. The lowest BCUT2D eigenvalue weighted by Crippen LogP contribution is -2.48. The number of nitrogens with two attached hydrogens (primary N) is 1. The van der Waals surface area contributed by atoms with Crippen LogP contribution in [-0.2, 0) is 4.79 Å². The third kappa shape index (κ3) is 2.96. The van der Waals surface area contributed by atoms with Gasteiger partial charge in [0.1, 0.15) is 0 Å². The molecular weight excluding hydrogens is 180 g/mol. The maximum Gasteiger partial charge on any atom is 0.237 e. The summed E-state index contributed by atoms with van der Waals surface area (Å²) in [6, 6.07) is -0.418. The molecule has 1 aliphatic rings. The van der Waals surface area contributed by atoms with Crippen molar-refractivity contribution in [3.05, 3.63) is 0 Å². The molecule has 1 amide bonds. The molecule has 14 heavy (non-hydrogen) atoms. The summed E-state index contributed by atoms with van der Waals surface area (Å²) < 4.78 is 0. The second-order valence-corrected chi connectivity index (χ2v) is 4.18. The van der Waals surface area contributed by atoms with Gasteiger partial charge in [0.2, 0.25) is 5.91 Å². The van der Waals surface area contributed by atoms with Crippen molar-refractivity contribution in [2.45, 2.75) is 50.6 Å². The summed E-state index contributed by atoms with van der Waals surface area (Å²) in [4.78, 5) is 11.5. The lowest BCUT2D eigenvalue weighted by atomic mass is 10.1. The van der Waals surface area contributed by atoms with E-state index in [-0.39, 0.29) is 18.1 Å². The molecule has 1 fully saturated rings. The molecule has 1 rings (SSSR count). The first-order valence-corrected chi connectivity index (χ1v) is 5.32. The van der Waals surface area contributed by atoms with Crippen molar-refractivity contribution in [3.8, 4) is 0 Å². The SMILES string of the molecule is CCCC[C@H](N)C(=O)NC1(CO)CC1. The van der Waals surface area contributed by atoms with Gasteiger partial charge in [-0.2, -0.15) is 0 Å². The highest BCUT2D eigenvalue weighted by molar-refractivity contribution is 5.82. The molecule has 0 heterocycles. The Morgan fingerprint density at radius 2 is 2.29 bits per heavy atom. The summed E-state index contributed by atoms with van der Waals surface area (Å²) in [7, 11) is 0. The van der Waals surface area contributed by atoms with Gasteiger partial charge in [0.25, 0.3) is 0 Å². The Kier molecular flexibility index (Phi) is 3.89. The van der Waals surface area contributed by atoms with Gasteiger partial charge in [0, 0.05) is 0 Å². The predicted octanol–water partition coefficient (Wildman–Crippen LogP) is 0.145. The first-order chi connectivity index (χ1) is 6.63. The molecular formula is C10H20N2O2. The normalized spacial score (nSPS) is 20.2. The van der Waals surface area contributed by atoms with E-state index in [4.69, 9.17) is 10.8 Å². The third-order valence-electron chi connectivity index (χ3n) is 2.75. The van der Waals surface area contributed by atoms with E-state index < -0.39 is 6.04 Å². The van der Waals surface area contributed by atoms with Crippen molar-refractivity contribution in [2.24, 2.45) is 5.73 Å². The molecule has 0 spiro atoms. The monoisotopic (exact) mass is 200 g/mol. The van der Waals surface area contributed by atoms with Crippen molar-refractivity contribution in [1.82, 2.24) is 5.32 Å². The second-order valence-electron chi connectivity index (χ2n) is 4.18. The van der Waals surface area contributed by atoms with Crippen LogP contribution >= 0.6 is 0 Å². The van der Waals surface area contributed by atoms with Gasteiger partial charge >= 0.3 is 0 Å². The van der Waals surface area contributed by atoms with Gasteiger partial charge in [-0.25, -0.2) is 0 Å². The van der Waals surface area contributed by atoms with Crippen LogP contribution in [0.4, 0.5) is 0 Å². The molecule has 0 saturated heterocycles. The molecule has 0 aromatic rings. The highest BCUT2D eigenvalue weighted by Gasteiger charge is 2.43. The van der Waals surface area contributed by atoms with E-state index in [2.05, 4.69) is 12.2 Å². The Labute approximate surface area is 84.9 Å². The van der Waals surface area contributed by atoms with Gasteiger partial charge in [-0.1, -0.05) is 19.8 Å². The molecule has 82 valence electrons. The number of carbonyl (C=O) groups excluding carboxylic acids is 1. The molecule has 1 saturated carbocycles. The molecule has 0 aliphatic heterocycles. The number of aliphatic hydroxyl groups excluding tert-OH is 1. The third-order valence-corrected chi connectivity index (χ3v) is 2.75. The zero-order valence-corrected chi connectivity index (χ0v) is 8.75. The van der Waals surface area contributed by atoms with Crippen molar-refractivity contribution >= 4 is 5.91 Å². The van der Waals surface area contributed by atoms with Gasteiger partial charge in [0.05, 0.1) is 18.2 Å². The van der Waals surface area contributed by atoms with Crippen LogP contribution in [0.1, 0.15) is 39.0 Å². The topological polar surface area (TPSA) is 75.4 Å². The summed E-state index contributed by atoms with van der Waals surface area (Å²) in [5, 5.41) is 11.8. The van der Waals surface area contributed by atoms with E-state index in [1.165, 1.54) is 0 Å². The molecule has 4 nitrogen and oxygen atoms in total. The quantitative estimate of drug-likeness (QED) is 0.571. The molecule has 0 bridgehead atoms. The Hall–Kier alpha value is -0.610. The maximum absolute atomic E-state index is 11.5. The minimum atomic E-state index is -0.418. The highest BCUT2D eigenvalue weighted by Crippen LogP contribution is 2.34. The second kappa shape index (κ2) is 4.75. The predicted molar refractivity (Wildman–Crippen MR) is 54.7 cm³/mol. The lowest BCUT2D eigenvalue weighted by molar-refractivity contribution is -0.123. The van der Waals surface area contributed by atoms with Crippen LogP contribution < -0.4 is 11.1 Å². The van der Waals surface area contributed by atoms with E-state index in [1.54, 1.807) is 0 Å². The average molecular weight is 200 g/mol. The lowest BCUT2D eigenvalue weighted by Gasteiger charge is -2.17. The van der Waals surface area contributed by atoms with Gasteiger partial charge < -0.3 is 16.2 Å². The van der Waals surface area contributed by atoms with Crippen LogP contribution in [0.25, 0.3) is 0 Å². The zero-order chi connectivity index (χ0) is 10.6. The molecule has 4 heteroatoms. The van der Waals surface area contributed by atoms with Crippen LogP contribution in [0, 0.1) is 0 Å². The summed E-state index contributed by atoms with van der Waals surface area (Å²) >= 11 is 0. The number of nitrogens with one attached hydrogen (secondary N) is 1. The molecule has 0 unspecified atom stereocenters. The van der Waals surface area contributed by atoms with Crippen LogP contribution in [0.5, 0.6) is 0 Å². The van der Waals surface area contributed by atoms with E-state index in [9.17, 15) is 4.79 Å². The summed E-state index contributed by atoms with van der Waals surface area (Å²) in [6.07, 6.45) is 4.49. The summed E-state index contributed by atoms with van der Waals surface area (Å²) in [5.74, 6) is -0.120. The molecule has 1 aliphatic carbocycles. The van der Waals surface area contributed by atoms with Crippen LogP contribution in [0.2, 0.25) is 0 Å². The van der Waals surface area contributed by atoms with Crippen LogP contribution in [0.3, 0.4) is 0 Å². The highest BCUT2D eigenvalue weighted by atomic mass is 16.3.